The van der Waals surface area contributed by atoms with Crippen LogP contribution in [0.15, 0.2) is 29.1 Å². The van der Waals surface area contributed by atoms with Gasteiger partial charge in [-0.05, 0) is 18.6 Å². The lowest BCUT2D eigenvalue weighted by Gasteiger charge is -2.07. The van der Waals surface area contributed by atoms with Crippen molar-refractivity contribution in [2.75, 3.05) is 0 Å². The molecule has 0 amide bonds. The van der Waals surface area contributed by atoms with Gasteiger partial charge >= 0.3 is 11.7 Å². The lowest BCUT2D eigenvalue weighted by Crippen LogP contribution is -2.20. The van der Waals surface area contributed by atoms with Gasteiger partial charge in [0, 0.05) is 7.05 Å². The van der Waals surface area contributed by atoms with Crippen molar-refractivity contribution in [2.24, 2.45) is 7.05 Å². The molecule has 148 valence electrons. The SMILES string of the molecule is CCc1[nH]nc(C(=O)OCc2nnc3n(C)c(=O)c4ccccc4n23)c1[N+](=O)[O-]. The largest absolute Gasteiger partial charge is 0.452 e. The van der Waals surface area contributed by atoms with Crippen LogP contribution in [0.1, 0.15) is 28.9 Å². The summed E-state index contributed by atoms with van der Waals surface area (Å²) in [5.41, 5.74) is -0.255. The van der Waals surface area contributed by atoms with Gasteiger partial charge in [-0.2, -0.15) is 5.10 Å². The molecule has 1 N–H and O–H groups in total. The van der Waals surface area contributed by atoms with Crippen molar-refractivity contribution in [3.63, 3.8) is 0 Å². The number of rotatable bonds is 5. The van der Waals surface area contributed by atoms with E-state index in [0.29, 0.717) is 17.3 Å². The van der Waals surface area contributed by atoms with Crippen molar-refractivity contribution in [3.8, 4) is 0 Å². The highest BCUT2D eigenvalue weighted by atomic mass is 16.6. The van der Waals surface area contributed by atoms with Gasteiger partial charge in [-0.1, -0.05) is 19.1 Å². The fourth-order valence-corrected chi connectivity index (χ4v) is 3.14. The Balaban J connectivity index is 1.72. The number of carbonyl (C=O) groups is 1. The number of esters is 1. The number of nitrogens with one attached hydrogen (secondary N) is 1. The van der Waals surface area contributed by atoms with Crippen molar-refractivity contribution in [1.29, 1.82) is 0 Å². The van der Waals surface area contributed by atoms with E-state index in [0.717, 1.165) is 0 Å². The number of aromatic amines is 1. The van der Waals surface area contributed by atoms with Gasteiger partial charge in [0.15, 0.2) is 12.4 Å². The maximum absolute atomic E-state index is 12.5. The number of H-pyrrole nitrogens is 1. The van der Waals surface area contributed by atoms with Crippen molar-refractivity contribution < 1.29 is 14.5 Å². The van der Waals surface area contributed by atoms with Gasteiger partial charge in [0.05, 0.1) is 15.8 Å². The summed E-state index contributed by atoms with van der Waals surface area (Å²) in [5.74, 6) is -0.425. The van der Waals surface area contributed by atoms with Gasteiger partial charge in [-0.25, -0.2) is 4.79 Å². The summed E-state index contributed by atoms with van der Waals surface area (Å²) >= 11 is 0. The second-order valence-electron chi connectivity index (χ2n) is 6.22. The van der Waals surface area contributed by atoms with Crippen molar-refractivity contribution in [3.05, 3.63) is 61.9 Å². The monoisotopic (exact) mass is 397 g/mol. The Labute approximate surface area is 161 Å². The zero-order chi connectivity index (χ0) is 20.7. The molecule has 3 aromatic heterocycles. The minimum absolute atomic E-state index is 0.232. The molecule has 4 rings (SSSR count). The molecule has 0 saturated carbocycles. The minimum atomic E-state index is -0.960. The van der Waals surface area contributed by atoms with E-state index < -0.39 is 22.3 Å². The third-order valence-corrected chi connectivity index (χ3v) is 4.57. The van der Waals surface area contributed by atoms with E-state index in [1.54, 1.807) is 42.6 Å². The molecule has 0 aliphatic heterocycles. The number of hydrogen-bond acceptors (Lipinski definition) is 8. The Kier molecular flexibility index (Phi) is 4.30. The van der Waals surface area contributed by atoms with E-state index in [-0.39, 0.29) is 29.5 Å². The maximum Gasteiger partial charge on any atom is 0.366 e. The number of aryl methyl sites for hydroxylation is 2. The highest BCUT2D eigenvalue weighted by Gasteiger charge is 2.30. The smallest absolute Gasteiger partial charge is 0.366 e. The van der Waals surface area contributed by atoms with Gasteiger partial charge in [0.25, 0.3) is 5.56 Å². The van der Waals surface area contributed by atoms with Crippen LogP contribution in [0.4, 0.5) is 5.69 Å². The van der Waals surface area contributed by atoms with Gasteiger partial charge in [0.2, 0.25) is 11.5 Å². The standard InChI is InChI=1S/C17H15N7O5/c1-3-10-14(24(27)28)13(20-18-10)16(26)29-8-12-19-21-17-22(2)15(25)9-6-4-5-7-11(9)23(12)17/h4-7H,3,8H2,1-2H3,(H,18,20). The molecule has 12 heteroatoms. The van der Waals surface area contributed by atoms with Crippen LogP contribution in [0.5, 0.6) is 0 Å². The highest BCUT2D eigenvalue weighted by molar-refractivity contribution is 5.92. The fraction of sp³-hybridized carbons (Fsp3) is 0.235. The molecule has 29 heavy (non-hydrogen) atoms. The number of nitrogens with zero attached hydrogens (tertiary/aromatic N) is 6. The minimum Gasteiger partial charge on any atom is -0.452 e. The molecule has 12 nitrogen and oxygen atoms in total. The molecule has 0 radical (unpaired) electrons. The van der Waals surface area contributed by atoms with Crippen LogP contribution in [0, 0.1) is 10.1 Å². The van der Waals surface area contributed by atoms with Crippen LogP contribution in [0.25, 0.3) is 16.7 Å². The number of benzene rings is 1. The molecule has 0 aliphatic rings. The summed E-state index contributed by atoms with van der Waals surface area (Å²) in [7, 11) is 1.56. The Hall–Kier alpha value is -4.09. The quantitative estimate of drug-likeness (QED) is 0.299. The lowest BCUT2D eigenvalue weighted by molar-refractivity contribution is -0.385. The zero-order valence-corrected chi connectivity index (χ0v) is 15.4. The molecule has 0 fully saturated rings. The molecule has 0 bridgehead atoms. The normalized spacial score (nSPS) is 11.2. The van der Waals surface area contributed by atoms with Crippen molar-refractivity contribution >= 4 is 28.3 Å². The number of aromatic nitrogens is 6. The first kappa shape index (κ1) is 18.3. The molecule has 0 aliphatic carbocycles. The van der Waals surface area contributed by atoms with Gasteiger partial charge in [-0.3, -0.25) is 29.0 Å². The second-order valence-corrected chi connectivity index (χ2v) is 6.22. The van der Waals surface area contributed by atoms with E-state index in [1.807, 2.05) is 0 Å². The average molecular weight is 397 g/mol. The van der Waals surface area contributed by atoms with Crippen LogP contribution in [0.2, 0.25) is 0 Å². The number of ether oxygens (including phenoxy) is 1. The Morgan fingerprint density at radius 1 is 1.31 bits per heavy atom. The Bertz CT molecular complexity index is 1330. The summed E-state index contributed by atoms with van der Waals surface area (Å²) < 4.78 is 8.15. The van der Waals surface area contributed by atoms with E-state index in [9.17, 15) is 19.7 Å². The third kappa shape index (κ3) is 2.81. The van der Waals surface area contributed by atoms with E-state index in [1.165, 1.54) is 4.57 Å². The molecule has 0 atom stereocenters. The number of nitro groups is 1. The summed E-state index contributed by atoms with van der Waals surface area (Å²) in [5, 5.41) is 25.9. The van der Waals surface area contributed by atoms with E-state index in [2.05, 4.69) is 20.4 Å². The molecule has 1 aromatic carbocycles. The molecule has 0 spiro atoms. The first-order valence-electron chi connectivity index (χ1n) is 8.64. The Morgan fingerprint density at radius 2 is 2.07 bits per heavy atom. The topological polar surface area (TPSA) is 150 Å². The second kappa shape index (κ2) is 6.82. The Morgan fingerprint density at radius 3 is 2.79 bits per heavy atom. The summed E-state index contributed by atoms with van der Waals surface area (Å²) in [4.78, 5) is 35.4. The lowest BCUT2D eigenvalue weighted by atomic mass is 10.2. The average Bonchev–Trinajstić information content (AvgIpc) is 3.34. The van der Waals surface area contributed by atoms with Crippen LogP contribution in [-0.4, -0.2) is 40.3 Å². The number of fused-ring (bicyclic) bond motifs is 3. The summed E-state index contributed by atoms with van der Waals surface area (Å²) in [6.07, 6.45) is 0.311. The highest BCUT2D eigenvalue weighted by Crippen LogP contribution is 2.23. The maximum atomic E-state index is 12.5. The number of para-hydroxylation sites is 1. The van der Waals surface area contributed by atoms with Crippen LogP contribution in [-0.2, 0) is 24.8 Å². The zero-order valence-electron chi connectivity index (χ0n) is 15.4. The first-order valence-corrected chi connectivity index (χ1v) is 8.64. The van der Waals surface area contributed by atoms with Gasteiger partial charge < -0.3 is 4.74 Å². The molecular weight excluding hydrogens is 382 g/mol. The van der Waals surface area contributed by atoms with Crippen LogP contribution >= 0.6 is 0 Å². The molecular formula is C17H15N7O5. The summed E-state index contributed by atoms with van der Waals surface area (Å²) in [6, 6.07) is 6.90. The van der Waals surface area contributed by atoms with E-state index >= 15 is 0 Å². The van der Waals surface area contributed by atoms with Gasteiger partial charge in [0.1, 0.15) is 5.69 Å². The predicted octanol–water partition coefficient (Wildman–Crippen LogP) is 1.13. The van der Waals surface area contributed by atoms with Gasteiger partial charge in [-0.15, -0.1) is 10.2 Å². The van der Waals surface area contributed by atoms with Crippen molar-refractivity contribution in [1.82, 2.24) is 29.4 Å². The number of carbonyl (C=O) groups excluding carboxylic acids is 1. The fourth-order valence-electron chi connectivity index (χ4n) is 3.14. The van der Waals surface area contributed by atoms with Crippen LogP contribution < -0.4 is 5.56 Å². The predicted molar refractivity (Wildman–Crippen MR) is 99.5 cm³/mol. The van der Waals surface area contributed by atoms with Crippen molar-refractivity contribution in [2.45, 2.75) is 20.0 Å². The summed E-state index contributed by atoms with van der Waals surface area (Å²) in [6.45, 7) is 1.39. The molecule has 4 aromatic rings. The molecule has 0 saturated heterocycles. The molecule has 0 unspecified atom stereocenters. The molecule has 3 heterocycles. The third-order valence-electron chi connectivity index (χ3n) is 4.57. The number of hydrogen-bond donors (Lipinski definition) is 1. The van der Waals surface area contributed by atoms with Crippen LogP contribution in [0.3, 0.4) is 0 Å². The first-order chi connectivity index (χ1) is 13.9. The van der Waals surface area contributed by atoms with E-state index in [4.69, 9.17) is 4.74 Å².